The highest BCUT2D eigenvalue weighted by molar-refractivity contribution is 6.31. The van der Waals surface area contributed by atoms with Crippen molar-refractivity contribution in [2.75, 3.05) is 6.61 Å². The van der Waals surface area contributed by atoms with Crippen LogP contribution in [0.3, 0.4) is 0 Å². The maximum Gasteiger partial charge on any atom is 0.296 e. The molecular formula is C10H12ClN3O2. The summed E-state index contributed by atoms with van der Waals surface area (Å²) < 4.78 is 1.52. The lowest BCUT2D eigenvalue weighted by Gasteiger charge is -2.24. The fraction of sp³-hybridized carbons (Fsp3) is 0.400. The summed E-state index contributed by atoms with van der Waals surface area (Å²) in [6.45, 7) is 3.45. The van der Waals surface area contributed by atoms with E-state index in [4.69, 9.17) is 11.6 Å². The van der Waals surface area contributed by atoms with Gasteiger partial charge in [0.25, 0.3) is 6.01 Å². The van der Waals surface area contributed by atoms with E-state index < -0.39 is 5.54 Å². The van der Waals surface area contributed by atoms with E-state index in [0.29, 0.717) is 16.2 Å². The molecule has 0 aliphatic rings. The Morgan fingerprint density at radius 2 is 2.19 bits per heavy atom. The van der Waals surface area contributed by atoms with Gasteiger partial charge in [0.2, 0.25) is 0 Å². The Labute approximate surface area is 97.3 Å². The third-order valence-electron chi connectivity index (χ3n) is 2.45. The standard InChI is InChI=1S/C10H12ClN3O2/c1-10(2,5-15)14-7-3-6(11)4-12-8(7)13-9(14)16/h3-4,15H,5H2,1-2H3,(H,12,13,16). The van der Waals surface area contributed by atoms with Gasteiger partial charge in [-0.3, -0.25) is 4.57 Å². The van der Waals surface area contributed by atoms with E-state index >= 15 is 0 Å². The minimum Gasteiger partial charge on any atom is -0.480 e. The molecule has 0 aliphatic heterocycles. The molecule has 6 heteroatoms. The number of aromatic nitrogens is 3. The molecule has 2 N–H and O–H groups in total. The zero-order valence-electron chi connectivity index (χ0n) is 8.98. The number of hydrogen-bond acceptors (Lipinski definition) is 4. The first-order valence-electron chi connectivity index (χ1n) is 4.80. The summed E-state index contributed by atoms with van der Waals surface area (Å²) in [5.41, 5.74) is 0.345. The third-order valence-corrected chi connectivity index (χ3v) is 2.66. The van der Waals surface area contributed by atoms with Gasteiger partial charge < -0.3 is 10.2 Å². The summed E-state index contributed by atoms with van der Waals surface area (Å²) in [4.78, 5) is 7.91. The molecule has 0 unspecified atom stereocenters. The van der Waals surface area contributed by atoms with Crippen LogP contribution in [0, 0.1) is 0 Å². The molecule has 2 heterocycles. The Kier molecular flexibility index (Phi) is 2.52. The van der Waals surface area contributed by atoms with E-state index in [1.165, 1.54) is 10.8 Å². The molecule has 5 nitrogen and oxygen atoms in total. The predicted molar refractivity (Wildman–Crippen MR) is 60.6 cm³/mol. The van der Waals surface area contributed by atoms with Gasteiger partial charge >= 0.3 is 0 Å². The maximum atomic E-state index is 9.75. The van der Waals surface area contributed by atoms with Crippen LogP contribution < -0.4 is 0 Å². The first kappa shape index (κ1) is 11.2. The molecular weight excluding hydrogens is 230 g/mol. The Balaban J connectivity index is 2.77. The number of nitrogens with zero attached hydrogens (tertiary/aromatic N) is 3. The van der Waals surface area contributed by atoms with Crippen molar-refractivity contribution in [3.05, 3.63) is 17.3 Å². The fourth-order valence-corrected chi connectivity index (χ4v) is 1.74. The van der Waals surface area contributed by atoms with Gasteiger partial charge in [-0.15, -0.1) is 0 Å². The van der Waals surface area contributed by atoms with Crippen LogP contribution in [0.5, 0.6) is 6.01 Å². The molecule has 2 rings (SSSR count). The lowest BCUT2D eigenvalue weighted by molar-refractivity contribution is 0.157. The monoisotopic (exact) mass is 241 g/mol. The quantitative estimate of drug-likeness (QED) is 0.836. The van der Waals surface area contributed by atoms with Crippen LogP contribution in [0.4, 0.5) is 0 Å². The molecule has 0 bridgehead atoms. The summed E-state index contributed by atoms with van der Waals surface area (Å²) >= 11 is 5.85. The normalized spacial score (nSPS) is 12.2. The summed E-state index contributed by atoms with van der Waals surface area (Å²) in [6, 6.07) is 1.48. The van der Waals surface area contributed by atoms with Crippen molar-refractivity contribution in [2.45, 2.75) is 19.4 Å². The van der Waals surface area contributed by atoms with Crippen LogP contribution >= 0.6 is 11.6 Å². The second kappa shape index (κ2) is 3.61. The first-order chi connectivity index (χ1) is 7.45. The highest BCUT2D eigenvalue weighted by Crippen LogP contribution is 2.28. The zero-order chi connectivity index (χ0) is 11.9. The number of rotatable bonds is 2. The molecule has 86 valence electrons. The Morgan fingerprint density at radius 3 is 2.81 bits per heavy atom. The SMILES string of the molecule is CC(C)(CO)n1c(O)nc2ncc(Cl)cc21. The minimum atomic E-state index is -0.662. The van der Waals surface area contributed by atoms with Gasteiger partial charge in [-0.2, -0.15) is 4.98 Å². The molecule has 0 atom stereocenters. The molecule has 0 fully saturated rings. The van der Waals surface area contributed by atoms with E-state index in [0.717, 1.165) is 0 Å². The average Bonchev–Trinajstić information content (AvgIpc) is 2.54. The van der Waals surface area contributed by atoms with Gasteiger partial charge in [-0.1, -0.05) is 11.6 Å². The number of hydrogen-bond donors (Lipinski definition) is 2. The van der Waals surface area contributed by atoms with Crippen LogP contribution in [0.2, 0.25) is 5.02 Å². The molecule has 16 heavy (non-hydrogen) atoms. The molecule has 0 saturated carbocycles. The topological polar surface area (TPSA) is 71.2 Å². The number of aliphatic hydroxyl groups is 1. The summed E-state index contributed by atoms with van der Waals surface area (Å²) in [5.74, 6) is 0. The molecule has 0 aliphatic carbocycles. The van der Waals surface area contributed by atoms with Crippen molar-refractivity contribution >= 4 is 22.8 Å². The average molecular weight is 242 g/mol. The third kappa shape index (κ3) is 1.62. The van der Waals surface area contributed by atoms with Crippen molar-refractivity contribution in [3.8, 4) is 6.01 Å². The van der Waals surface area contributed by atoms with Crippen molar-refractivity contribution in [3.63, 3.8) is 0 Å². The highest BCUT2D eigenvalue weighted by atomic mass is 35.5. The Hall–Kier alpha value is -1.33. The van der Waals surface area contributed by atoms with Crippen LogP contribution in [0.1, 0.15) is 13.8 Å². The number of pyridine rings is 1. The van der Waals surface area contributed by atoms with E-state index in [1.807, 2.05) is 0 Å². The smallest absolute Gasteiger partial charge is 0.296 e. The molecule has 0 aromatic carbocycles. The number of imidazole rings is 1. The maximum absolute atomic E-state index is 9.75. The van der Waals surface area contributed by atoms with Crippen molar-refractivity contribution in [2.24, 2.45) is 0 Å². The van der Waals surface area contributed by atoms with Gasteiger partial charge in [-0.25, -0.2) is 4.98 Å². The number of halogens is 1. The minimum absolute atomic E-state index is 0.126. The van der Waals surface area contributed by atoms with Crippen molar-refractivity contribution in [1.29, 1.82) is 0 Å². The molecule has 0 saturated heterocycles. The highest BCUT2D eigenvalue weighted by Gasteiger charge is 2.25. The van der Waals surface area contributed by atoms with Crippen LogP contribution in [-0.2, 0) is 5.54 Å². The summed E-state index contributed by atoms with van der Waals surface area (Å²) in [5, 5.41) is 19.5. The van der Waals surface area contributed by atoms with E-state index in [9.17, 15) is 10.2 Å². The molecule has 2 aromatic rings. The van der Waals surface area contributed by atoms with Crippen LogP contribution in [0.25, 0.3) is 11.2 Å². The van der Waals surface area contributed by atoms with Crippen molar-refractivity contribution in [1.82, 2.24) is 14.5 Å². The van der Waals surface area contributed by atoms with Gasteiger partial charge in [-0.05, 0) is 19.9 Å². The Bertz CT molecular complexity index is 536. The van der Waals surface area contributed by atoms with Crippen molar-refractivity contribution < 1.29 is 10.2 Å². The van der Waals surface area contributed by atoms with Crippen LogP contribution in [-0.4, -0.2) is 31.4 Å². The second-order valence-corrected chi connectivity index (χ2v) is 4.65. The van der Waals surface area contributed by atoms with Gasteiger partial charge in [0, 0.05) is 6.20 Å². The first-order valence-corrected chi connectivity index (χ1v) is 5.18. The van der Waals surface area contributed by atoms with E-state index in [-0.39, 0.29) is 12.6 Å². The lowest BCUT2D eigenvalue weighted by atomic mass is 10.1. The van der Waals surface area contributed by atoms with Gasteiger partial charge in [0.15, 0.2) is 5.65 Å². The van der Waals surface area contributed by atoms with E-state index in [2.05, 4.69) is 9.97 Å². The molecule has 0 spiro atoms. The second-order valence-electron chi connectivity index (χ2n) is 4.21. The fourth-order valence-electron chi connectivity index (χ4n) is 1.59. The molecule has 2 aromatic heterocycles. The van der Waals surface area contributed by atoms with Gasteiger partial charge in [0.1, 0.15) is 0 Å². The number of aromatic hydroxyl groups is 1. The van der Waals surface area contributed by atoms with Gasteiger partial charge in [0.05, 0.1) is 22.7 Å². The molecule has 0 amide bonds. The predicted octanol–water partition coefficient (Wildman–Crippen LogP) is 1.52. The Morgan fingerprint density at radius 1 is 1.50 bits per heavy atom. The zero-order valence-corrected chi connectivity index (χ0v) is 9.73. The largest absolute Gasteiger partial charge is 0.480 e. The summed E-state index contributed by atoms with van der Waals surface area (Å²) in [6.07, 6.45) is 1.46. The molecule has 0 radical (unpaired) electrons. The number of aliphatic hydroxyl groups excluding tert-OH is 1. The van der Waals surface area contributed by atoms with Crippen LogP contribution in [0.15, 0.2) is 12.3 Å². The van der Waals surface area contributed by atoms with E-state index in [1.54, 1.807) is 19.9 Å². The summed E-state index contributed by atoms with van der Waals surface area (Å²) in [7, 11) is 0. The number of fused-ring (bicyclic) bond motifs is 1. The lowest BCUT2D eigenvalue weighted by Crippen LogP contribution is -2.29.